The van der Waals surface area contributed by atoms with Gasteiger partial charge in [0.25, 0.3) is 0 Å². The molecule has 0 aliphatic rings. The highest BCUT2D eigenvalue weighted by atomic mass is 31.0. The van der Waals surface area contributed by atoms with Crippen molar-refractivity contribution in [3.63, 3.8) is 0 Å². The molecule has 0 aromatic heterocycles. The second-order valence-electron chi connectivity index (χ2n) is 4.54. The van der Waals surface area contributed by atoms with Crippen LogP contribution in [0.4, 0.5) is 4.39 Å². The first-order chi connectivity index (χ1) is 7.95. The van der Waals surface area contributed by atoms with Crippen LogP contribution in [0.2, 0.25) is 0 Å². The minimum absolute atomic E-state index is 0.0813. The number of hydrogen-bond acceptors (Lipinski definition) is 0. The molecular weight excluding hydrogens is 230 g/mol. The van der Waals surface area contributed by atoms with Gasteiger partial charge in [-0.1, -0.05) is 59.5 Å². The largest absolute Gasteiger partial charge is 0.240 e. The van der Waals surface area contributed by atoms with E-state index in [1.807, 2.05) is 13.0 Å². The van der Waals surface area contributed by atoms with Gasteiger partial charge in [0.15, 0.2) is 0 Å². The quantitative estimate of drug-likeness (QED) is 0.308. The lowest BCUT2D eigenvalue weighted by molar-refractivity contribution is 0.204. The van der Waals surface area contributed by atoms with Crippen LogP contribution in [0, 0.1) is 5.92 Å². The Hall–Kier alpha value is -0.420. The Morgan fingerprint density at radius 1 is 1.41 bits per heavy atom. The molecule has 0 spiro atoms. The van der Waals surface area contributed by atoms with Crippen molar-refractivity contribution >= 4 is 9.24 Å². The summed E-state index contributed by atoms with van der Waals surface area (Å²) in [5.74, 6) is 0.0813. The maximum atomic E-state index is 13.7. The van der Waals surface area contributed by atoms with Crippen LogP contribution in [-0.4, -0.2) is 5.41 Å². The van der Waals surface area contributed by atoms with E-state index in [0.717, 1.165) is 25.7 Å². The molecule has 0 N–H and O–H groups in total. The Labute approximate surface area is 108 Å². The lowest BCUT2D eigenvalue weighted by atomic mass is 9.97. The zero-order chi connectivity index (χ0) is 13.3. The van der Waals surface area contributed by atoms with Crippen LogP contribution >= 0.6 is 9.24 Å². The van der Waals surface area contributed by atoms with Crippen molar-refractivity contribution in [2.24, 2.45) is 5.92 Å². The SMILES string of the molecule is C=C/C(=C\CC=CCC(CC)C(C)(F)P)CC. The molecule has 0 rings (SSSR count). The van der Waals surface area contributed by atoms with E-state index in [-0.39, 0.29) is 5.92 Å². The molecule has 17 heavy (non-hydrogen) atoms. The van der Waals surface area contributed by atoms with Crippen molar-refractivity contribution in [1.29, 1.82) is 0 Å². The summed E-state index contributed by atoms with van der Waals surface area (Å²) in [7, 11) is 2.30. The first-order valence-electron chi connectivity index (χ1n) is 6.39. The average Bonchev–Trinajstić information content (AvgIpc) is 2.26. The summed E-state index contributed by atoms with van der Waals surface area (Å²) in [4.78, 5) is 0. The third-order valence-electron chi connectivity index (χ3n) is 3.06. The standard InChI is InChI=1S/C15H26FP/c1-5-13(6-2)11-9-8-10-12-14(7-3)15(4,16)17/h5,8,10-11,14H,1,6-7,9,12,17H2,2-4H3/b10-8?,13-11+. The maximum Gasteiger partial charge on any atom is 0.124 e. The minimum Gasteiger partial charge on any atom is -0.240 e. The molecule has 0 aliphatic heterocycles. The molecular formula is C15H26FP. The van der Waals surface area contributed by atoms with Gasteiger partial charge in [-0.15, -0.1) is 0 Å². The highest BCUT2D eigenvalue weighted by Crippen LogP contribution is 2.34. The molecule has 0 amide bonds. The zero-order valence-corrected chi connectivity index (χ0v) is 12.5. The first kappa shape index (κ1) is 16.6. The third-order valence-corrected chi connectivity index (χ3v) is 3.54. The van der Waals surface area contributed by atoms with Crippen LogP contribution in [0.25, 0.3) is 0 Å². The molecule has 0 bridgehead atoms. The van der Waals surface area contributed by atoms with Crippen molar-refractivity contribution in [1.82, 2.24) is 0 Å². The molecule has 0 saturated heterocycles. The monoisotopic (exact) mass is 256 g/mol. The lowest BCUT2D eigenvalue weighted by Crippen LogP contribution is -2.20. The number of alkyl halides is 1. The van der Waals surface area contributed by atoms with Gasteiger partial charge in [-0.3, -0.25) is 0 Å². The van der Waals surface area contributed by atoms with Crippen LogP contribution in [0.5, 0.6) is 0 Å². The number of allylic oxidation sites excluding steroid dienone is 5. The van der Waals surface area contributed by atoms with Gasteiger partial charge in [0.2, 0.25) is 0 Å². The summed E-state index contributed by atoms with van der Waals surface area (Å²) in [6, 6.07) is 0. The molecule has 3 unspecified atom stereocenters. The van der Waals surface area contributed by atoms with E-state index in [4.69, 9.17) is 0 Å². The van der Waals surface area contributed by atoms with Gasteiger partial charge in [0, 0.05) is 0 Å². The minimum atomic E-state index is -1.16. The van der Waals surface area contributed by atoms with Gasteiger partial charge in [0.05, 0.1) is 0 Å². The van der Waals surface area contributed by atoms with Crippen molar-refractivity contribution in [3.8, 4) is 0 Å². The molecule has 0 radical (unpaired) electrons. The Morgan fingerprint density at radius 2 is 2.06 bits per heavy atom. The summed E-state index contributed by atoms with van der Waals surface area (Å²) in [5.41, 5.74) is 1.27. The van der Waals surface area contributed by atoms with E-state index >= 15 is 0 Å². The smallest absolute Gasteiger partial charge is 0.124 e. The van der Waals surface area contributed by atoms with Gasteiger partial charge in [-0.25, -0.2) is 4.39 Å². The van der Waals surface area contributed by atoms with Crippen LogP contribution in [0.15, 0.2) is 36.5 Å². The van der Waals surface area contributed by atoms with E-state index in [0.29, 0.717) is 0 Å². The second-order valence-corrected chi connectivity index (χ2v) is 5.66. The van der Waals surface area contributed by atoms with E-state index < -0.39 is 5.41 Å². The predicted octanol–water partition coefficient (Wildman–Crippen LogP) is 5.43. The molecule has 0 aromatic carbocycles. The van der Waals surface area contributed by atoms with Gasteiger partial charge in [0.1, 0.15) is 5.41 Å². The molecule has 3 atom stereocenters. The summed E-state index contributed by atoms with van der Waals surface area (Å²) in [6.07, 6.45) is 11.8. The van der Waals surface area contributed by atoms with Crippen LogP contribution < -0.4 is 0 Å². The van der Waals surface area contributed by atoms with Gasteiger partial charge >= 0.3 is 0 Å². The van der Waals surface area contributed by atoms with Crippen LogP contribution in [-0.2, 0) is 0 Å². The molecule has 0 saturated carbocycles. The molecule has 98 valence electrons. The van der Waals surface area contributed by atoms with Crippen LogP contribution in [0.1, 0.15) is 46.5 Å². The Kier molecular flexibility index (Phi) is 8.43. The number of halogens is 1. The molecule has 2 heteroatoms. The summed E-state index contributed by atoms with van der Waals surface area (Å²) in [5, 5.41) is -1.16. The zero-order valence-electron chi connectivity index (χ0n) is 11.4. The summed E-state index contributed by atoms with van der Waals surface area (Å²) >= 11 is 0. The van der Waals surface area contributed by atoms with E-state index in [1.165, 1.54) is 5.57 Å². The maximum absolute atomic E-state index is 13.7. The van der Waals surface area contributed by atoms with Crippen molar-refractivity contribution in [2.75, 3.05) is 0 Å². The first-order valence-corrected chi connectivity index (χ1v) is 6.97. The van der Waals surface area contributed by atoms with Crippen molar-refractivity contribution in [3.05, 3.63) is 36.5 Å². The van der Waals surface area contributed by atoms with Gasteiger partial charge < -0.3 is 0 Å². The fraction of sp³-hybridized carbons (Fsp3) is 0.600. The molecule has 0 heterocycles. The Morgan fingerprint density at radius 3 is 2.47 bits per heavy atom. The van der Waals surface area contributed by atoms with E-state index in [1.54, 1.807) is 6.92 Å². The van der Waals surface area contributed by atoms with Crippen molar-refractivity contribution < 1.29 is 4.39 Å². The molecule has 0 fully saturated rings. The van der Waals surface area contributed by atoms with Crippen LogP contribution in [0.3, 0.4) is 0 Å². The number of hydrogen-bond donors (Lipinski definition) is 0. The van der Waals surface area contributed by atoms with E-state index in [9.17, 15) is 4.39 Å². The Balaban J connectivity index is 4.11. The van der Waals surface area contributed by atoms with Crippen molar-refractivity contribution in [2.45, 2.75) is 51.9 Å². The fourth-order valence-electron chi connectivity index (χ4n) is 1.74. The predicted molar refractivity (Wildman–Crippen MR) is 79.9 cm³/mol. The highest BCUT2D eigenvalue weighted by Gasteiger charge is 2.26. The van der Waals surface area contributed by atoms with E-state index in [2.05, 4.69) is 41.0 Å². The lowest BCUT2D eigenvalue weighted by Gasteiger charge is -2.24. The molecule has 0 nitrogen and oxygen atoms in total. The second kappa shape index (κ2) is 8.64. The van der Waals surface area contributed by atoms with Gasteiger partial charge in [-0.05, 0) is 38.5 Å². The molecule has 0 aromatic rings. The highest BCUT2D eigenvalue weighted by molar-refractivity contribution is 7.18. The topological polar surface area (TPSA) is 0 Å². The fourth-order valence-corrected chi connectivity index (χ4v) is 2.12. The normalized spacial score (nSPS) is 18.1. The third kappa shape index (κ3) is 7.49. The summed E-state index contributed by atoms with van der Waals surface area (Å²) < 4.78 is 13.7. The average molecular weight is 256 g/mol. The Bertz CT molecular complexity index is 271. The van der Waals surface area contributed by atoms with Gasteiger partial charge in [-0.2, -0.15) is 0 Å². The molecule has 0 aliphatic carbocycles. The number of rotatable bonds is 8. The summed E-state index contributed by atoms with van der Waals surface area (Å²) in [6.45, 7) is 9.54.